The highest BCUT2D eigenvalue weighted by atomic mass is 32.2. The van der Waals surface area contributed by atoms with Crippen molar-refractivity contribution in [3.63, 3.8) is 0 Å². The molecule has 0 bridgehead atoms. The summed E-state index contributed by atoms with van der Waals surface area (Å²) in [7, 11) is -3.67. The second-order valence-electron chi connectivity index (χ2n) is 2.89. The maximum Gasteiger partial charge on any atom is 0.323 e. The molecule has 1 aliphatic heterocycles. The monoisotopic (exact) mass is 227 g/mol. The molecule has 0 amide bonds. The molecule has 1 aliphatic rings. The Morgan fingerprint density at radius 2 is 1.93 bits per heavy atom. The molecule has 0 saturated carbocycles. The Hall–Kier alpha value is -0.700. The smallest absolute Gasteiger partial charge is 0.323 e. The van der Waals surface area contributed by atoms with Crippen molar-refractivity contribution in [3.8, 4) is 0 Å². The van der Waals surface area contributed by atoms with Gasteiger partial charge in [0.1, 0.15) is 6.04 Å². The maximum absolute atomic E-state index is 10.2. The van der Waals surface area contributed by atoms with Crippen LogP contribution in [0.2, 0.25) is 0 Å². The highest BCUT2D eigenvalue weighted by Gasteiger charge is 2.28. The molecule has 8 heteroatoms. The molecule has 84 valence electrons. The lowest BCUT2D eigenvalue weighted by molar-refractivity contribution is -0.160. The first-order valence-corrected chi connectivity index (χ1v) is 5.67. The molecule has 1 heterocycles. The van der Waals surface area contributed by atoms with Crippen LogP contribution < -0.4 is 0 Å². The minimum atomic E-state index is -3.67. The molecule has 0 aromatic heterocycles. The Morgan fingerprint density at radius 1 is 1.50 bits per heavy atom. The number of carboxylic acid groups (broad SMARTS) is 1. The van der Waals surface area contributed by atoms with Gasteiger partial charge in [-0.1, -0.05) is 0 Å². The van der Waals surface area contributed by atoms with Gasteiger partial charge in [-0.15, -0.1) is 0 Å². The van der Waals surface area contributed by atoms with Crippen molar-refractivity contribution in [2.24, 2.45) is 0 Å². The number of carboxylic acids is 1. The molecule has 0 spiro atoms. The molecule has 1 rings (SSSR count). The average molecular weight is 227 g/mol. The average Bonchev–Trinajstić information content (AvgIpc) is 2.30. The van der Waals surface area contributed by atoms with E-state index in [2.05, 4.69) is 0 Å². The summed E-state index contributed by atoms with van der Waals surface area (Å²) in [5, 5.41) is 18.1. The Labute approximate surface area is 81.7 Å². The summed E-state index contributed by atoms with van der Waals surface area (Å²) in [5.74, 6) is -0.935. The number of hydroxylamine groups is 2. The van der Waals surface area contributed by atoms with E-state index in [-0.39, 0.29) is 0 Å². The quantitative estimate of drug-likeness (QED) is 0.514. The van der Waals surface area contributed by atoms with Crippen LogP contribution in [0.5, 0.6) is 0 Å². The summed E-state index contributed by atoms with van der Waals surface area (Å²) in [6.07, 6.45) is 2.05. The number of aliphatic carboxylic acids is 1. The Morgan fingerprint density at radius 3 is 2.07 bits per heavy atom. The SMILES string of the molecule is CS(=O)(=O)O.O=C(O)C1CCCN1O. The minimum Gasteiger partial charge on any atom is -0.480 e. The maximum atomic E-state index is 10.2. The first-order valence-electron chi connectivity index (χ1n) is 3.82. The predicted octanol–water partition coefficient (Wildman–Crippen LogP) is -0.571. The third kappa shape index (κ3) is 6.78. The highest BCUT2D eigenvalue weighted by Crippen LogP contribution is 2.13. The van der Waals surface area contributed by atoms with E-state index >= 15 is 0 Å². The van der Waals surface area contributed by atoms with E-state index in [9.17, 15) is 13.2 Å². The van der Waals surface area contributed by atoms with Crippen molar-refractivity contribution in [3.05, 3.63) is 0 Å². The fourth-order valence-electron chi connectivity index (χ4n) is 1.00. The topological polar surface area (TPSA) is 115 Å². The van der Waals surface area contributed by atoms with Gasteiger partial charge >= 0.3 is 5.97 Å². The van der Waals surface area contributed by atoms with E-state index in [1.807, 2.05) is 0 Å². The van der Waals surface area contributed by atoms with Gasteiger partial charge in [0.2, 0.25) is 0 Å². The largest absolute Gasteiger partial charge is 0.480 e. The van der Waals surface area contributed by atoms with Crippen molar-refractivity contribution in [2.75, 3.05) is 12.8 Å². The number of hydrogen-bond acceptors (Lipinski definition) is 5. The molecule has 0 aliphatic carbocycles. The van der Waals surface area contributed by atoms with E-state index in [0.717, 1.165) is 11.5 Å². The molecule has 1 fully saturated rings. The first kappa shape index (κ1) is 13.3. The summed E-state index contributed by atoms with van der Waals surface area (Å²) in [4.78, 5) is 10.2. The Balaban J connectivity index is 0.000000292. The summed E-state index contributed by atoms with van der Waals surface area (Å²) < 4.78 is 25.9. The van der Waals surface area contributed by atoms with Gasteiger partial charge in [0.25, 0.3) is 10.1 Å². The molecule has 0 radical (unpaired) electrons. The number of hydrogen-bond donors (Lipinski definition) is 3. The number of carbonyl (C=O) groups is 1. The van der Waals surface area contributed by atoms with Gasteiger partial charge in [-0.25, -0.2) is 0 Å². The lowest BCUT2D eigenvalue weighted by Gasteiger charge is -2.11. The molecule has 0 aromatic carbocycles. The van der Waals surface area contributed by atoms with E-state index in [1.165, 1.54) is 0 Å². The van der Waals surface area contributed by atoms with E-state index in [1.54, 1.807) is 0 Å². The predicted molar refractivity (Wildman–Crippen MR) is 46.6 cm³/mol. The van der Waals surface area contributed by atoms with Gasteiger partial charge in [0.05, 0.1) is 6.26 Å². The van der Waals surface area contributed by atoms with Crippen molar-refractivity contribution in [1.82, 2.24) is 5.06 Å². The summed E-state index contributed by atoms with van der Waals surface area (Å²) in [6.45, 7) is 0.483. The van der Waals surface area contributed by atoms with Crippen LogP contribution >= 0.6 is 0 Å². The van der Waals surface area contributed by atoms with E-state index in [4.69, 9.17) is 14.9 Å². The molecule has 3 N–H and O–H groups in total. The zero-order valence-corrected chi connectivity index (χ0v) is 8.44. The van der Waals surface area contributed by atoms with Crippen LogP contribution in [0.4, 0.5) is 0 Å². The summed E-state index contributed by atoms with van der Waals surface area (Å²) in [5.41, 5.74) is 0. The second kappa shape index (κ2) is 5.25. The van der Waals surface area contributed by atoms with Crippen molar-refractivity contribution >= 4 is 16.1 Å². The number of rotatable bonds is 1. The first-order chi connectivity index (χ1) is 6.22. The third-order valence-electron chi connectivity index (χ3n) is 1.51. The van der Waals surface area contributed by atoms with Gasteiger partial charge in [-0.05, 0) is 12.8 Å². The van der Waals surface area contributed by atoms with Gasteiger partial charge in [-0.2, -0.15) is 13.5 Å². The fraction of sp³-hybridized carbons (Fsp3) is 0.833. The van der Waals surface area contributed by atoms with Crippen LogP contribution in [0.25, 0.3) is 0 Å². The highest BCUT2D eigenvalue weighted by molar-refractivity contribution is 7.85. The molecule has 1 saturated heterocycles. The van der Waals surface area contributed by atoms with Crippen LogP contribution in [-0.2, 0) is 14.9 Å². The zero-order chi connectivity index (χ0) is 11.4. The Bertz CT molecular complexity index is 279. The lowest BCUT2D eigenvalue weighted by atomic mass is 10.2. The van der Waals surface area contributed by atoms with E-state index < -0.39 is 22.1 Å². The van der Waals surface area contributed by atoms with Gasteiger partial charge in [0, 0.05) is 6.54 Å². The molecule has 14 heavy (non-hydrogen) atoms. The third-order valence-corrected chi connectivity index (χ3v) is 1.51. The van der Waals surface area contributed by atoms with Crippen LogP contribution in [0, 0.1) is 0 Å². The van der Waals surface area contributed by atoms with Crippen LogP contribution in [0.1, 0.15) is 12.8 Å². The van der Waals surface area contributed by atoms with Crippen molar-refractivity contribution < 1.29 is 28.1 Å². The van der Waals surface area contributed by atoms with Gasteiger partial charge < -0.3 is 10.3 Å². The second-order valence-corrected chi connectivity index (χ2v) is 4.36. The summed E-state index contributed by atoms with van der Waals surface area (Å²) in [6, 6.07) is -0.662. The lowest BCUT2D eigenvalue weighted by Crippen LogP contribution is -2.32. The molecule has 1 atom stereocenters. The van der Waals surface area contributed by atoms with Crippen molar-refractivity contribution in [2.45, 2.75) is 18.9 Å². The fourth-order valence-corrected chi connectivity index (χ4v) is 1.00. The normalized spacial score (nSPS) is 22.6. The van der Waals surface area contributed by atoms with Crippen molar-refractivity contribution in [1.29, 1.82) is 0 Å². The Kier molecular flexibility index (Phi) is 4.99. The zero-order valence-electron chi connectivity index (χ0n) is 7.62. The van der Waals surface area contributed by atoms with Crippen LogP contribution in [-0.4, -0.2) is 53.2 Å². The molecule has 0 aromatic rings. The number of nitrogens with zero attached hydrogens (tertiary/aromatic N) is 1. The van der Waals surface area contributed by atoms with E-state index in [0.29, 0.717) is 19.2 Å². The van der Waals surface area contributed by atoms with Gasteiger partial charge in [0.15, 0.2) is 0 Å². The summed E-state index contributed by atoms with van der Waals surface area (Å²) >= 11 is 0. The standard InChI is InChI=1S/C5H9NO3.CH4O3S/c7-5(8)4-2-1-3-6(4)9;1-5(2,3)4/h4,9H,1-3H2,(H,7,8);1H3,(H,2,3,4). The molecular weight excluding hydrogens is 214 g/mol. The minimum absolute atomic E-state index is 0.483. The molecular formula is C6H13NO6S. The molecule has 1 unspecified atom stereocenters. The van der Waals surface area contributed by atoms with Gasteiger partial charge in [-0.3, -0.25) is 9.35 Å². The molecule has 7 nitrogen and oxygen atoms in total. The van der Waals surface area contributed by atoms with Crippen LogP contribution in [0.3, 0.4) is 0 Å². The van der Waals surface area contributed by atoms with Crippen LogP contribution in [0.15, 0.2) is 0 Å².